The van der Waals surface area contributed by atoms with Crippen LogP contribution < -0.4 is 0 Å². The molecule has 0 bridgehead atoms. The van der Waals surface area contributed by atoms with Gasteiger partial charge in [0.1, 0.15) is 0 Å². The van der Waals surface area contributed by atoms with E-state index in [-0.39, 0.29) is 43.2 Å². The van der Waals surface area contributed by atoms with Gasteiger partial charge in [0.05, 0.1) is 10.2 Å². The van der Waals surface area contributed by atoms with Crippen molar-refractivity contribution in [2.45, 2.75) is 0 Å². The summed E-state index contributed by atoms with van der Waals surface area (Å²) < 4.78 is 0. The molecule has 0 fully saturated rings. The third-order valence-corrected chi connectivity index (χ3v) is 0. The van der Waals surface area contributed by atoms with Crippen LogP contribution in [0.5, 0.6) is 0 Å². The summed E-state index contributed by atoms with van der Waals surface area (Å²) in [6.07, 6.45) is 0. The Morgan fingerprint density at radius 1 is 0.857 bits per heavy atom. The van der Waals surface area contributed by atoms with Gasteiger partial charge in [0.2, 0.25) is 0 Å². The van der Waals surface area contributed by atoms with Crippen LogP contribution in [0.25, 0.3) is 0 Å². The minimum absolute atomic E-state index is 0. The summed E-state index contributed by atoms with van der Waals surface area (Å²) in [6.45, 7) is 0. The van der Waals surface area contributed by atoms with Crippen LogP contribution in [-0.4, -0.2) is 75.8 Å². The molecule has 0 atom stereocenters. The average Bonchev–Trinajstić information content (AvgIpc) is 1.54. The summed E-state index contributed by atoms with van der Waals surface area (Å²) in [7, 11) is -2.17. The van der Waals surface area contributed by atoms with E-state index in [0.29, 0.717) is 0 Å². The molecule has 0 spiro atoms. The van der Waals surface area contributed by atoms with Gasteiger partial charge in [0.15, 0.2) is 0 Å². The Kier molecular flexibility index (Phi) is 47.8. The normalized spacial score (nSPS) is 5.36. The topological polar surface area (TPSA) is 225 Å². The monoisotopic (exact) mass is 244 g/mol. The molecule has 0 aliphatic rings. The molecule has 0 saturated heterocycles. The van der Waals surface area contributed by atoms with Crippen LogP contribution >= 0.6 is 0 Å². The molecule has 0 saturated carbocycles. The van der Waals surface area contributed by atoms with Gasteiger partial charge in [-0.25, -0.2) is 0 Å². The Balaban J connectivity index is -0.0000000270. The Labute approximate surface area is 106 Å². The first-order valence-corrected chi connectivity index (χ1v) is 1.87. The van der Waals surface area contributed by atoms with Crippen molar-refractivity contribution in [2.75, 3.05) is 0 Å². The van der Waals surface area contributed by atoms with Crippen molar-refractivity contribution in [1.82, 2.24) is 0 Å². The van der Waals surface area contributed by atoms with Crippen molar-refractivity contribution in [3.05, 3.63) is 30.6 Å². The van der Waals surface area contributed by atoms with E-state index in [4.69, 9.17) is 45.7 Å². The van der Waals surface area contributed by atoms with Crippen LogP contribution in [0.4, 0.5) is 0 Å². The van der Waals surface area contributed by atoms with E-state index in [0.717, 1.165) is 0 Å². The van der Waals surface area contributed by atoms with Gasteiger partial charge in [0, 0.05) is 0 Å². The van der Waals surface area contributed by atoms with Crippen LogP contribution in [0.15, 0.2) is 0 Å². The molecule has 0 aliphatic heterocycles. The summed E-state index contributed by atoms with van der Waals surface area (Å²) in [5, 5.41) is 51.0. The van der Waals surface area contributed by atoms with Gasteiger partial charge in [-0.3, -0.25) is 0 Å². The first-order valence-electron chi connectivity index (χ1n) is 1.87. The molecule has 14 heavy (non-hydrogen) atoms. The third kappa shape index (κ3) is 6810. The Morgan fingerprint density at radius 2 is 0.857 bits per heavy atom. The summed E-state index contributed by atoms with van der Waals surface area (Å²) in [6, 6.07) is 0. The summed E-state index contributed by atoms with van der Waals surface area (Å²) in [5.74, 6) is 0. The van der Waals surface area contributed by atoms with Crippen LogP contribution in [-0.2, 0) is 0 Å². The van der Waals surface area contributed by atoms with Crippen LogP contribution in [0.2, 0.25) is 0 Å². The zero-order valence-corrected chi connectivity index (χ0v) is 8.68. The average molecular weight is 244 g/mol. The molecule has 0 radical (unpaired) electrons. The Hall–Kier alpha value is -0.435. The largest absolute Gasteiger partial charge is 2.00 e. The Bertz CT molecular complexity index is 103. The van der Waals surface area contributed by atoms with Crippen LogP contribution in [0, 0.1) is 30.6 Å². The van der Waals surface area contributed by atoms with Crippen molar-refractivity contribution in [2.24, 2.45) is 0 Å². The van der Waals surface area contributed by atoms with E-state index in [9.17, 15) is 0 Å². The first-order chi connectivity index (χ1) is 5.20. The zero-order chi connectivity index (χ0) is 10.7. The standard InChI is InChI=1S/BH3O3.Ca.2NO3.H2O/c2-1(3)4;;2*2-1(3)4;/h2-4H;;;;1H2/q;+2;2*-1;. The number of nitrogens with zero attached hydrogens (tertiary/aromatic N) is 2. The maximum atomic E-state index is 8.25. The van der Waals surface area contributed by atoms with E-state index in [1.165, 1.54) is 0 Å². The minimum atomic E-state index is -2.17. The molecular weight excluding hydrogens is 239 g/mol. The maximum Gasteiger partial charge on any atom is 2.00 e. The second kappa shape index (κ2) is 22.9. The molecule has 0 aromatic carbocycles. The predicted molar refractivity (Wildman–Crippen MR) is 42.5 cm³/mol. The molecule has 14 heteroatoms. The second-order valence-corrected chi connectivity index (χ2v) is 0.794. The summed E-state index contributed by atoms with van der Waals surface area (Å²) >= 11 is 0. The van der Waals surface area contributed by atoms with Crippen molar-refractivity contribution in [3.63, 3.8) is 0 Å². The van der Waals surface area contributed by atoms with Crippen molar-refractivity contribution >= 4 is 45.1 Å². The van der Waals surface area contributed by atoms with Gasteiger partial charge in [0.25, 0.3) is 0 Å². The van der Waals surface area contributed by atoms with Gasteiger partial charge >= 0.3 is 45.1 Å². The molecule has 0 heterocycles. The summed E-state index contributed by atoms with van der Waals surface area (Å²) in [4.78, 5) is 16.5. The molecule has 12 nitrogen and oxygen atoms in total. The van der Waals surface area contributed by atoms with E-state index < -0.39 is 17.5 Å². The fourth-order valence-electron chi connectivity index (χ4n) is 0. The molecule has 80 valence electrons. The molecule has 5 N–H and O–H groups in total. The number of hydrogen-bond donors (Lipinski definition) is 3. The van der Waals surface area contributed by atoms with Gasteiger partial charge in [-0.15, -0.1) is 0 Å². The molecule has 0 aliphatic carbocycles. The quantitative estimate of drug-likeness (QED) is 0.215. The van der Waals surface area contributed by atoms with E-state index in [1.807, 2.05) is 0 Å². The van der Waals surface area contributed by atoms with Gasteiger partial charge in [-0.05, 0) is 0 Å². The number of hydrogen-bond acceptors (Lipinski definition) is 9. The predicted octanol–water partition coefficient (Wildman–Crippen LogP) is -3.74. The minimum Gasteiger partial charge on any atom is -0.412 e. The van der Waals surface area contributed by atoms with Crippen molar-refractivity contribution < 1.29 is 30.7 Å². The molecule has 0 amide bonds. The van der Waals surface area contributed by atoms with Crippen LogP contribution in [0.1, 0.15) is 0 Å². The molecular formula is H5BCaN2O10. The fraction of sp³-hybridized carbons (Fsp3) is 0. The molecule has 0 unspecified atom stereocenters. The molecule has 0 rings (SSSR count). The molecule has 0 aromatic heterocycles. The summed E-state index contributed by atoms with van der Waals surface area (Å²) in [5.41, 5.74) is 0. The van der Waals surface area contributed by atoms with Crippen molar-refractivity contribution in [3.8, 4) is 0 Å². The maximum absolute atomic E-state index is 8.25. The van der Waals surface area contributed by atoms with Gasteiger partial charge < -0.3 is 51.2 Å². The SMILES string of the molecule is O.O=[N+]([O-])[O-].O=[N+]([O-])[O-].OB(O)O.[Ca+2]. The van der Waals surface area contributed by atoms with Crippen LogP contribution in [0.3, 0.4) is 0 Å². The van der Waals surface area contributed by atoms with E-state index in [1.54, 1.807) is 0 Å². The van der Waals surface area contributed by atoms with E-state index in [2.05, 4.69) is 0 Å². The molecule has 0 aromatic rings. The second-order valence-electron chi connectivity index (χ2n) is 0.794. The fourth-order valence-corrected chi connectivity index (χ4v) is 0. The van der Waals surface area contributed by atoms with E-state index >= 15 is 0 Å². The Morgan fingerprint density at radius 3 is 0.857 bits per heavy atom. The zero-order valence-electron chi connectivity index (χ0n) is 6.47. The third-order valence-electron chi connectivity index (χ3n) is 0. The van der Waals surface area contributed by atoms with Crippen molar-refractivity contribution in [1.29, 1.82) is 0 Å². The van der Waals surface area contributed by atoms with Gasteiger partial charge in [-0.1, -0.05) is 0 Å². The smallest absolute Gasteiger partial charge is 0.412 e. The number of rotatable bonds is 0. The first kappa shape index (κ1) is 29.2. The van der Waals surface area contributed by atoms with Gasteiger partial charge in [-0.2, -0.15) is 0 Å².